The predicted molar refractivity (Wildman–Crippen MR) is 90.3 cm³/mol. The average molecular weight is 362 g/mol. The molecule has 8 heteroatoms. The van der Waals surface area contributed by atoms with Crippen LogP contribution in [0, 0.1) is 0 Å². The van der Waals surface area contributed by atoms with Gasteiger partial charge in [0.15, 0.2) is 11.4 Å². The molecule has 1 aromatic heterocycles. The number of nitrogens with zero attached hydrogens (tertiary/aromatic N) is 1. The second-order valence-electron chi connectivity index (χ2n) is 5.64. The fraction of sp³-hybridized carbons (Fsp3) is 0.111. The zero-order valence-corrected chi connectivity index (χ0v) is 13.5. The molecular weight excluding hydrogens is 349 g/mol. The molecule has 0 radical (unpaired) electrons. The van der Waals surface area contributed by atoms with Crippen LogP contribution in [0.3, 0.4) is 0 Å². The maximum atomic E-state index is 12.8. The van der Waals surface area contributed by atoms with Gasteiger partial charge in [0, 0.05) is 18.1 Å². The van der Waals surface area contributed by atoms with Gasteiger partial charge in [0.05, 0.1) is 10.9 Å². The zero-order valence-electron chi connectivity index (χ0n) is 13.5. The number of hydrogen-bond acceptors (Lipinski definition) is 3. The summed E-state index contributed by atoms with van der Waals surface area (Å²) in [6.07, 6.45) is -4.56. The molecule has 0 fully saturated rings. The second-order valence-corrected chi connectivity index (χ2v) is 5.64. The minimum absolute atomic E-state index is 0.107. The van der Waals surface area contributed by atoms with E-state index in [4.69, 9.17) is 0 Å². The molecule has 26 heavy (non-hydrogen) atoms. The number of carbonyl (C=O) groups excluding carboxylic acids is 1. The molecule has 0 aliphatic carbocycles. The molecule has 134 valence electrons. The summed E-state index contributed by atoms with van der Waals surface area (Å²) in [5.41, 5.74) is -1.88. The first-order chi connectivity index (χ1) is 12.2. The van der Waals surface area contributed by atoms with E-state index in [1.807, 2.05) is 0 Å². The molecule has 1 heterocycles. The van der Waals surface area contributed by atoms with Gasteiger partial charge in [-0.25, -0.2) is 0 Å². The molecule has 0 saturated carbocycles. The van der Waals surface area contributed by atoms with E-state index in [1.54, 1.807) is 12.1 Å². The monoisotopic (exact) mass is 362 g/mol. The van der Waals surface area contributed by atoms with E-state index >= 15 is 0 Å². The van der Waals surface area contributed by atoms with E-state index in [-0.39, 0.29) is 22.2 Å². The molecule has 3 aromatic rings. The van der Waals surface area contributed by atoms with Gasteiger partial charge in [-0.1, -0.05) is 24.3 Å². The Labute approximate surface area is 145 Å². The van der Waals surface area contributed by atoms with Crippen LogP contribution in [-0.4, -0.2) is 15.6 Å². The van der Waals surface area contributed by atoms with E-state index in [1.165, 1.54) is 25.2 Å². The van der Waals surface area contributed by atoms with Crippen LogP contribution in [0.15, 0.2) is 53.3 Å². The number of rotatable bonds is 2. The van der Waals surface area contributed by atoms with Crippen LogP contribution < -0.4 is 10.9 Å². The first kappa shape index (κ1) is 17.5. The number of alkyl halides is 3. The van der Waals surface area contributed by atoms with Crippen LogP contribution in [0.4, 0.5) is 18.9 Å². The number of aromatic nitrogens is 1. The molecule has 3 rings (SSSR count). The number of amides is 1. The summed E-state index contributed by atoms with van der Waals surface area (Å²) < 4.78 is 39.3. The Morgan fingerprint density at radius 2 is 1.73 bits per heavy atom. The molecule has 0 aliphatic rings. The predicted octanol–water partition coefficient (Wildman–Crippen LogP) is 3.52. The Morgan fingerprint density at radius 1 is 1.08 bits per heavy atom. The van der Waals surface area contributed by atoms with Crippen molar-refractivity contribution >= 4 is 22.4 Å². The van der Waals surface area contributed by atoms with Gasteiger partial charge in [-0.2, -0.15) is 13.2 Å². The van der Waals surface area contributed by atoms with E-state index < -0.39 is 29.0 Å². The van der Waals surface area contributed by atoms with Crippen LogP contribution in [0.2, 0.25) is 0 Å². The first-order valence-electron chi connectivity index (χ1n) is 7.49. The van der Waals surface area contributed by atoms with E-state index in [2.05, 4.69) is 5.32 Å². The topological polar surface area (TPSA) is 71.3 Å². The number of benzene rings is 2. The number of carbonyl (C=O) groups is 1. The minimum Gasteiger partial charge on any atom is -0.505 e. The number of anilines is 1. The third kappa shape index (κ3) is 3.01. The molecule has 0 spiro atoms. The highest BCUT2D eigenvalue weighted by atomic mass is 19.4. The summed E-state index contributed by atoms with van der Waals surface area (Å²) in [7, 11) is 1.30. The molecule has 2 aromatic carbocycles. The van der Waals surface area contributed by atoms with Crippen molar-refractivity contribution in [3.63, 3.8) is 0 Å². The molecular formula is C18H13F3N2O3. The van der Waals surface area contributed by atoms with Crippen molar-refractivity contribution in [2.75, 3.05) is 5.32 Å². The third-order valence-corrected chi connectivity index (χ3v) is 3.94. The lowest BCUT2D eigenvalue weighted by Crippen LogP contribution is -2.26. The SMILES string of the molecule is Cn1c(C(=O)Nc2cccc(C(F)(F)F)c2)c(O)c2ccccc2c1=O. The number of fused-ring (bicyclic) bond motifs is 1. The average Bonchev–Trinajstić information content (AvgIpc) is 2.59. The van der Waals surface area contributed by atoms with Crippen LogP contribution in [0.25, 0.3) is 10.8 Å². The summed E-state index contributed by atoms with van der Waals surface area (Å²) in [5.74, 6) is -1.32. The van der Waals surface area contributed by atoms with Crippen LogP contribution in [0.5, 0.6) is 5.75 Å². The van der Waals surface area contributed by atoms with E-state index in [9.17, 15) is 27.9 Å². The summed E-state index contributed by atoms with van der Waals surface area (Å²) in [4.78, 5) is 24.9. The van der Waals surface area contributed by atoms with Crippen molar-refractivity contribution in [1.82, 2.24) is 4.57 Å². The normalized spacial score (nSPS) is 11.5. The number of nitrogens with one attached hydrogen (secondary N) is 1. The number of halogens is 3. The van der Waals surface area contributed by atoms with Gasteiger partial charge in [-0.05, 0) is 24.3 Å². The first-order valence-corrected chi connectivity index (χ1v) is 7.49. The second kappa shape index (κ2) is 6.21. The van der Waals surface area contributed by atoms with Crippen LogP contribution in [-0.2, 0) is 13.2 Å². The van der Waals surface area contributed by atoms with Gasteiger partial charge in [0.2, 0.25) is 0 Å². The summed E-state index contributed by atoms with van der Waals surface area (Å²) in [5, 5.41) is 13.1. The Morgan fingerprint density at radius 3 is 2.38 bits per heavy atom. The summed E-state index contributed by atoms with van der Waals surface area (Å²) in [6.45, 7) is 0. The minimum atomic E-state index is -4.56. The van der Waals surface area contributed by atoms with Crippen molar-refractivity contribution < 1.29 is 23.1 Å². The molecule has 0 saturated heterocycles. The maximum absolute atomic E-state index is 12.8. The van der Waals surface area contributed by atoms with Gasteiger partial charge in [-0.3, -0.25) is 9.59 Å². The molecule has 0 atom stereocenters. The molecule has 0 unspecified atom stereocenters. The highest BCUT2D eigenvalue weighted by molar-refractivity contribution is 6.08. The Hall–Kier alpha value is -3.29. The lowest BCUT2D eigenvalue weighted by molar-refractivity contribution is -0.137. The van der Waals surface area contributed by atoms with Crippen molar-refractivity contribution in [2.24, 2.45) is 7.05 Å². The quantitative estimate of drug-likeness (QED) is 0.733. The fourth-order valence-corrected chi connectivity index (χ4v) is 2.67. The van der Waals surface area contributed by atoms with Gasteiger partial charge < -0.3 is 15.0 Å². The lowest BCUT2D eigenvalue weighted by Gasteiger charge is -2.14. The smallest absolute Gasteiger partial charge is 0.416 e. The number of hydrogen-bond donors (Lipinski definition) is 2. The molecule has 0 bridgehead atoms. The Kier molecular flexibility index (Phi) is 4.19. The maximum Gasteiger partial charge on any atom is 0.416 e. The third-order valence-electron chi connectivity index (χ3n) is 3.94. The Balaban J connectivity index is 2.05. The summed E-state index contributed by atoms with van der Waals surface area (Å²) in [6, 6.07) is 10.3. The van der Waals surface area contributed by atoms with Gasteiger partial charge in [0.25, 0.3) is 11.5 Å². The van der Waals surface area contributed by atoms with Crippen molar-refractivity contribution in [3.8, 4) is 5.75 Å². The van der Waals surface area contributed by atoms with Crippen molar-refractivity contribution in [2.45, 2.75) is 6.18 Å². The standard InChI is InChI=1S/C18H13F3N2O3/c1-23-14(15(24)12-7-2-3-8-13(12)17(23)26)16(25)22-11-6-4-5-10(9-11)18(19,20)21/h2-9,24H,1H3,(H,22,25). The van der Waals surface area contributed by atoms with Gasteiger partial charge in [-0.15, -0.1) is 0 Å². The van der Waals surface area contributed by atoms with Crippen LogP contribution in [0.1, 0.15) is 16.1 Å². The largest absolute Gasteiger partial charge is 0.505 e. The van der Waals surface area contributed by atoms with Crippen molar-refractivity contribution in [3.05, 3.63) is 70.1 Å². The van der Waals surface area contributed by atoms with Crippen molar-refractivity contribution in [1.29, 1.82) is 0 Å². The summed E-state index contributed by atoms with van der Waals surface area (Å²) >= 11 is 0. The molecule has 2 N–H and O–H groups in total. The van der Waals surface area contributed by atoms with E-state index in [0.717, 1.165) is 22.8 Å². The molecule has 0 aliphatic heterocycles. The van der Waals surface area contributed by atoms with Gasteiger partial charge >= 0.3 is 6.18 Å². The Bertz CT molecular complexity index is 1070. The van der Waals surface area contributed by atoms with Crippen LogP contribution >= 0.6 is 0 Å². The number of pyridine rings is 1. The highest BCUT2D eigenvalue weighted by Crippen LogP contribution is 2.31. The fourth-order valence-electron chi connectivity index (χ4n) is 2.67. The van der Waals surface area contributed by atoms with E-state index in [0.29, 0.717) is 0 Å². The highest BCUT2D eigenvalue weighted by Gasteiger charge is 2.30. The molecule has 1 amide bonds. The van der Waals surface area contributed by atoms with Gasteiger partial charge in [0.1, 0.15) is 0 Å². The molecule has 5 nitrogen and oxygen atoms in total. The lowest BCUT2D eigenvalue weighted by atomic mass is 10.1. The number of aromatic hydroxyl groups is 1. The zero-order chi connectivity index (χ0) is 19.1.